The molecule has 0 radical (unpaired) electrons. The summed E-state index contributed by atoms with van der Waals surface area (Å²) < 4.78 is 5.26. The van der Waals surface area contributed by atoms with Gasteiger partial charge < -0.3 is 20.1 Å². The Labute approximate surface area is 92.0 Å². The van der Waals surface area contributed by atoms with E-state index >= 15 is 0 Å². The average molecular weight is 218 g/mol. The van der Waals surface area contributed by atoms with Gasteiger partial charge in [-0.1, -0.05) is 12.1 Å². The molecule has 0 bridgehead atoms. The average Bonchev–Trinajstić information content (AvgIpc) is 2.24. The molecule has 0 unspecified atom stereocenters. The highest BCUT2D eigenvalue weighted by atomic mass is 16.5. The molecule has 0 saturated heterocycles. The molecule has 0 amide bonds. The summed E-state index contributed by atoms with van der Waals surface area (Å²) in [6.45, 7) is 0. The first-order chi connectivity index (χ1) is 7.66. The zero-order valence-electron chi connectivity index (χ0n) is 8.29. The summed E-state index contributed by atoms with van der Waals surface area (Å²) in [4.78, 5) is 0. The van der Waals surface area contributed by atoms with E-state index in [0.717, 1.165) is 0 Å². The zero-order valence-corrected chi connectivity index (χ0v) is 8.29. The molecule has 0 heterocycles. The molecule has 0 atom stereocenters. The molecule has 0 aliphatic heterocycles. The lowest BCUT2D eigenvalue weighted by Gasteiger charge is -2.09. The fraction of sp³-hybridized carbons (Fsp3) is 0. The van der Waals surface area contributed by atoms with Gasteiger partial charge in [-0.3, -0.25) is 0 Å². The van der Waals surface area contributed by atoms with E-state index in [1.54, 1.807) is 12.1 Å². The van der Waals surface area contributed by atoms with Gasteiger partial charge in [-0.2, -0.15) is 0 Å². The zero-order chi connectivity index (χ0) is 11.5. The predicted molar refractivity (Wildman–Crippen MR) is 58.0 cm³/mol. The van der Waals surface area contributed by atoms with E-state index in [-0.39, 0.29) is 23.0 Å². The monoisotopic (exact) mass is 218 g/mol. The standard InChI is InChI=1S/C12H10O4/c13-8-3-1-4-9(7-8)16-12-10(14)5-2-6-11(12)15/h1-7,13-15H. The van der Waals surface area contributed by atoms with Crippen molar-refractivity contribution in [3.63, 3.8) is 0 Å². The van der Waals surface area contributed by atoms with Gasteiger partial charge in [0.05, 0.1) is 0 Å². The van der Waals surface area contributed by atoms with Gasteiger partial charge in [0.25, 0.3) is 0 Å². The van der Waals surface area contributed by atoms with Crippen LogP contribution in [-0.4, -0.2) is 15.3 Å². The number of phenolic OH excluding ortho intramolecular Hbond substituents is 3. The van der Waals surface area contributed by atoms with Gasteiger partial charge in [-0.05, 0) is 24.3 Å². The van der Waals surface area contributed by atoms with Crippen LogP contribution in [0.15, 0.2) is 42.5 Å². The first-order valence-electron chi connectivity index (χ1n) is 4.64. The van der Waals surface area contributed by atoms with E-state index in [1.807, 2.05) is 0 Å². The number of ether oxygens (including phenoxy) is 1. The number of para-hydroxylation sites is 1. The number of aromatic hydroxyl groups is 3. The molecule has 4 nitrogen and oxygen atoms in total. The van der Waals surface area contributed by atoms with Crippen molar-refractivity contribution in [3.05, 3.63) is 42.5 Å². The predicted octanol–water partition coefficient (Wildman–Crippen LogP) is 2.60. The van der Waals surface area contributed by atoms with Gasteiger partial charge >= 0.3 is 0 Å². The van der Waals surface area contributed by atoms with Gasteiger partial charge in [-0.25, -0.2) is 0 Å². The van der Waals surface area contributed by atoms with E-state index in [9.17, 15) is 15.3 Å². The highest BCUT2D eigenvalue weighted by molar-refractivity contribution is 5.51. The van der Waals surface area contributed by atoms with E-state index in [0.29, 0.717) is 5.75 Å². The Morgan fingerprint density at radius 2 is 1.44 bits per heavy atom. The lowest BCUT2D eigenvalue weighted by molar-refractivity contribution is 0.374. The minimum Gasteiger partial charge on any atom is -0.508 e. The van der Waals surface area contributed by atoms with Gasteiger partial charge in [-0.15, -0.1) is 0 Å². The van der Waals surface area contributed by atoms with Crippen LogP contribution in [0.1, 0.15) is 0 Å². The molecule has 4 heteroatoms. The molecule has 0 spiro atoms. The van der Waals surface area contributed by atoms with Crippen molar-refractivity contribution in [2.45, 2.75) is 0 Å². The van der Waals surface area contributed by atoms with Crippen molar-refractivity contribution in [1.29, 1.82) is 0 Å². The second-order valence-corrected chi connectivity index (χ2v) is 3.22. The topological polar surface area (TPSA) is 69.9 Å². The van der Waals surface area contributed by atoms with E-state index < -0.39 is 0 Å². The van der Waals surface area contributed by atoms with E-state index in [1.165, 1.54) is 30.3 Å². The summed E-state index contributed by atoms with van der Waals surface area (Å²) in [6.07, 6.45) is 0. The maximum absolute atomic E-state index is 9.47. The van der Waals surface area contributed by atoms with Crippen molar-refractivity contribution in [2.24, 2.45) is 0 Å². The minimum atomic E-state index is -0.164. The van der Waals surface area contributed by atoms with Crippen LogP contribution in [-0.2, 0) is 0 Å². The van der Waals surface area contributed by atoms with Crippen LogP contribution in [0.3, 0.4) is 0 Å². The lowest BCUT2D eigenvalue weighted by atomic mass is 10.3. The number of rotatable bonds is 2. The molecular formula is C12H10O4. The lowest BCUT2D eigenvalue weighted by Crippen LogP contribution is -1.85. The summed E-state index contributed by atoms with van der Waals surface area (Å²) >= 11 is 0. The Hall–Kier alpha value is -2.36. The first-order valence-corrected chi connectivity index (χ1v) is 4.64. The maximum atomic E-state index is 9.47. The second kappa shape index (κ2) is 4.02. The van der Waals surface area contributed by atoms with E-state index in [4.69, 9.17) is 4.74 Å². The van der Waals surface area contributed by atoms with E-state index in [2.05, 4.69) is 0 Å². The minimum absolute atomic E-state index is 0.0342. The van der Waals surface area contributed by atoms with Crippen molar-refractivity contribution in [2.75, 3.05) is 0 Å². The highest BCUT2D eigenvalue weighted by Crippen LogP contribution is 2.38. The van der Waals surface area contributed by atoms with Crippen molar-refractivity contribution < 1.29 is 20.1 Å². The summed E-state index contributed by atoms with van der Waals surface area (Å²) in [5.41, 5.74) is 0. The normalized spacial score (nSPS) is 10.0. The Morgan fingerprint density at radius 3 is 2.06 bits per heavy atom. The van der Waals surface area contributed by atoms with Crippen LogP contribution in [0, 0.1) is 0 Å². The number of benzene rings is 2. The third-order valence-electron chi connectivity index (χ3n) is 2.01. The van der Waals surface area contributed by atoms with Crippen LogP contribution >= 0.6 is 0 Å². The molecule has 2 aromatic carbocycles. The fourth-order valence-corrected chi connectivity index (χ4v) is 1.28. The van der Waals surface area contributed by atoms with Crippen LogP contribution in [0.4, 0.5) is 0 Å². The Bertz CT molecular complexity index is 488. The van der Waals surface area contributed by atoms with Crippen LogP contribution < -0.4 is 4.74 Å². The van der Waals surface area contributed by atoms with Crippen LogP contribution in [0.2, 0.25) is 0 Å². The number of hydrogen-bond donors (Lipinski definition) is 3. The molecule has 0 saturated carbocycles. The molecule has 82 valence electrons. The Kier molecular flexibility index (Phi) is 2.55. The summed E-state index contributed by atoms with van der Waals surface area (Å²) in [6, 6.07) is 10.4. The molecule has 3 N–H and O–H groups in total. The van der Waals surface area contributed by atoms with Crippen molar-refractivity contribution in [3.8, 4) is 28.7 Å². The van der Waals surface area contributed by atoms with Gasteiger partial charge in [0.1, 0.15) is 11.5 Å². The molecule has 0 fully saturated rings. The molecular weight excluding hydrogens is 208 g/mol. The summed E-state index contributed by atoms with van der Waals surface area (Å²) in [5, 5.41) is 28.2. The molecule has 2 aromatic rings. The Morgan fingerprint density at radius 1 is 0.812 bits per heavy atom. The maximum Gasteiger partial charge on any atom is 0.210 e. The van der Waals surface area contributed by atoms with Crippen LogP contribution in [0.25, 0.3) is 0 Å². The second-order valence-electron chi connectivity index (χ2n) is 3.22. The highest BCUT2D eigenvalue weighted by Gasteiger charge is 2.09. The third kappa shape index (κ3) is 2.00. The molecule has 2 rings (SSSR count). The van der Waals surface area contributed by atoms with Crippen molar-refractivity contribution in [1.82, 2.24) is 0 Å². The molecule has 16 heavy (non-hydrogen) atoms. The SMILES string of the molecule is Oc1cccc(Oc2c(O)cccc2O)c1. The molecule has 0 aliphatic carbocycles. The quantitative estimate of drug-likeness (QED) is 0.724. The number of hydrogen-bond acceptors (Lipinski definition) is 4. The fourth-order valence-electron chi connectivity index (χ4n) is 1.28. The summed E-state index contributed by atoms with van der Waals surface area (Å²) in [7, 11) is 0. The van der Waals surface area contributed by atoms with Crippen LogP contribution in [0.5, 0.6) is 28.7 Å². The summed E-state index contributed by atoms with van der Waals surface area (Å²) in [5.74, 6) is 0.0176. The first kappa shape index (κ1) is 10.2. The van der Waals surface area contributed by atoms with Gasteiger partial charge in [0.2, 0.25) is 5.75 Å². The Balaban J connectivity index is 2.34. The number of phenols is 3. The van der Waals surface area contributed by atoms with Crippen molar-refractivity contribution >= 4 is 0 Å². The third-order valence-corrected chi connectivity index (χ3v) is 2.01. The molecule has 0 aliphatic rings. The molecule has 0 aromatic heterocycles. The van der Waals surface area contributed by atoms with Gasteiger partial charge in [0, 0.05) is 6.07 Å². The smallest absolute Gasteiger partial charge is 0.210 e. The largest absolute Gasteiger partial charge is 0.508 e. The van der Waals surface area contributed by atoms with Gasteiger partial charge in [0.15, 0.2) is 11.5 Å².